The molecule has 0 amide bonds. The van der Waals surface area contributed by atoms with E-state index in [1.54, 1.807) is 0 Å². The Labute approximate surface area is 95.3 Å². The van der Waals surface area contributed by atoms with E-state index in [-0.39, 0.29) is 11.6 Å². The third-order valence-corrected chi connectivity index (χ3v) is 3.19. The van der Waals surface area contributed by atoms with Gasteiger partial charge < -0.3 is 9.67 Å². The minimum atomic E-state index is -0.898. The largest absolute Gasteiger partial charge is 0.476 e. The van der Waals surface area contributed by atoms with Crippen molar-refractivity contribution in [3.8, 4) is 0 Å². The van der Waals surface area contributed by atoms with Crippen LogP contribution in [0.15, 0.2) is 0 Å². The molecule has 0 aliphatic carbocycles. The van der Waals surface area contributed by atoms with Gasteiger partial charge in [0.05, 0.1) is 5.69 Å². The topological polar surface area (TPSA) is 55.1 Å². The molecular formula is C12H18N2O2. The molecule has 4 nitrogen and oxygen atoms in total. The van der Waals surface area contributed by atoms with Crippen molar-refractivity contribution in [2.75, 3.05) is 0 Å². The lowest BCUT2D eigenvalue weighted by Gasteiger charge is -2.23. The summed E-state index contributed by atoms with van der Waals surface area (Å²) in [6.45, 7) is 7.22. The molecule has 1 aliphatic rings. The summed E-state index contributed by atoms with van der Waals surface area (Å²) in [5, 5.41) is 9.13. The number of hydrogen-bond acceptors (Lipinski definition) is 2. The van der Waals surface area contributed by atoms with Crippen molar-refractivity contribution >= 4 is 5.97 Å². The van der Waals surface area contributed by atoms with Crippen molar-refractivity contribution in [2.45, 2.75) is 46.1 Å². The number of nitrogens with zero attached hydrogens (tertiary/aromatic N) is 2. The first kappa shape index (κ1) is 11.2. The van der Waals surface area contributed by atoms with E-state index in [9.17, 15) is 4.79 Å². The first-order chi connectivity index (χ1) is 7.50. The number of imidazole rings is 1. The molecule has 0 spiro atoms. The summed E-state index contributed by atoms with van der Waals surface area (Å²) in [7, 11) is 0. The summed E-state index contributed by atoms with van der Waals surface area (Å²) in [5.41, 5.74) is 1.17. The molecule has 1 aromatic heterocycles. The number of carboxylic acids is 1. The van der Waals surface area contributed by atoms with Crippen LogP contribution >= 0.6 is 0 Å². The molecule has 1 aromatic rings. The highest BCUT2D eigenvalue weighted by atomic mass is 16.4. The van der Waals surface area contributed by atoms with E-state index >= 15 is 0 Å². The summed E-state index contributed by atoms with van der Waals surface area (Å²) < 4.78 is 2.11. The summed E-state index contributed by atoms with van der Waals surface area (Å²) >= 11 is 0. The van der Waals surface area contributed by atoms with E-state index in [2.05, 4.69) is 30.3 Å². The maximum absolute atomic E-state index is 11.1. The van der Waals surface area contributed by atoms with Crippen molar-refractivity contribution in [1.29, 1.82) is 0 Å². The minimum Gasteiger partial charge on any atom is -0.476 e. The lowest BCUT2D eigenvalue weighted by Crippen LogP contribution is -2.21. The molecule has 1 aliphatic heterocycles. The van der Waals surface area contributed by atoms with Gasteiger partial charge in [0.1, 0.15) is 5.82 Å². The highest BCUT2D eigenvalue weighted by Gasteiger charge is 2.27. The first-order valence-electron chi connectivity index (χ1n) is 5.83. The predicted molar refractivity (Wildman–Crippen MR) is 60.8 cm³/mol. The van der Waals surface area contributed by atoms with Crippen LogP contribution in [0, 0.1) is 5.92 Å². The molecular weight excluding hydrogens is 204 g/mol. The quantitative estimate of drug-likeness (QED) is 0.835. The van der Waals surface area contributed by atoms with Crippen molar-refractivity contribution in [2.24, 2.45) is 5.92 Å². The van der Waals surface area contributed by atoms with Crippen LogP contribution in [0.2, 0.25) is 0 Å². The number of carboxylic acid groups (broad SMARTS) is 1. The molecule has 0 aromatic carbocycles. The van der Waals surface area contributed by atoms with E-state index in [0.717, 1.165) is 30.9 Å². The molecule has 0 fully saturated rings. The summed E-state index contributed by atoms with van der Waals surface area (Å²) in [4.78, 5) is 15.4. The Morgan fingerprint density at radius 2 is 2.25 bits per heavy atom. The molecule has 0 saturated heterocycles. The molecule has 4 heteroatoms. The van der Waals surface area contributed by atoms with Crippen molar-refractivity contribution in [3.63, 3.8) is 0 Å². The monoisotopic (exact) mass is 222 g/mol. The van der Waals surface area contributed by atoms with Gasteiger partial charge in [-0.25, -0.2) is 9.78 Å². The highest BCUT2D eigenvalue weighted by Crippen LogP contribution is 2.27. The van der Waals surface area contributed by atoms with Gasteiger partial charge in [0.25, 0.3) is 0 Å². The van der Waals surface area contributed by atoms with E-state index in [1.807, 2.05) is 0 Å². The summed E-state index contributed by atoms with van der Waals surface area (Å²) in [5.74, 6) is 0.905. The first-order valence-corrected chi connectivity index (χ1v) is 5.83. The van der Waals surface area contributed by atoms with Gasteiger partial charge in [0.15, 0.2) is 5.69 Å². The molecule has 2 rings (SSSR count). The van der Waals surface area contributed by atoms with E-state index in [1.165, 1.54) is 0 Å². The van der Waals surface area contributed by atoms with E-state index in [4.69, 9.17) is 5.11 Å². The van der Waals surface area contributed by atoms with Crippen LogP contribution in [0.25, 0.3) is 0 Å². The number of aromatic nitrogens is 2. The Kier molecular flexibility index (Phi) is 2.74. The normalized spacial score (nSPS) is 19.9. The maximum Gasteiger partial charge on any atom is 0.356 e. The predicted octanol–water partition coefficient (Wildman–Crippen LogP) is 2.29. The molecule has 1 atom stereocenters. The van der Waals surface area contributed by atoms with Gasteiger partial charge in [-0.05, 0) is 18.8 Å². The van der Waals surface area contributed by atoms with Crippen LogP contribution in [0.3, 0.4) is 0 Å². The Balaban J connectivity index is 2.53. The molecule has 1 unspecified atom stereocenters. The highest BCUT2D eigenvalue weighted by molar-refractivity contribution is 5.87. The molecule has 1 N–H and O–H groups in total. The van der Waals surface area contributed by atoms with Gasteiger partial charge in [0.2, 0.25) is 0 Å². The van der Waals surface area contributed by atoms with Crippen LogP contribution in [0.5, 0.6) is 0 Å². The Bertz CT molecular complexity index is 421. The van der Waals surface area contributed by atoms with Gasteiger partial charge in [0, 0.05) is 12.5 Å². The van der Waals surface area contributed by atoms with Crippen molar-refractivity contribution < 1.29 is 9.90 Å². The molecule has 0 radical (unpaired) electrons. The standard InChI is InChI=1S/C12H18N2O2/c1-7(2)11-13-10(12(15)16)9-5-4-8(3)6-14(9)11/h7-8H,4-6H2,1-3H3,(H,15,16). The lowest BCUT2D eigenvalue weighted by molar-refractivity contribution is 0.0689. The number of aromatic carboxylic acids is 1. The molecule has 16 heavy (non-hydrogen) atoms. The van der Waals surface area contributed by atoms with Gasteiger partial charge >= 0.3 is 5.97 Å². The second-order valence-electron chi connectivity index (χ2n) is 4.98. The molecule has 88 valence electrons. The summed E-state index contributed by atoms with van der Waals surface area (Å²) in [6, 6.07) is 0. The fourth-order valence-corrected chi connectivity index (χ4v) is 2.36. The molecule has 0 bridgehead atoms. The maximum atomic E-state index is 11.1. The molecule has 0 saturated carbocycles. The van der Waals surface area contributed by atoms with Crippen LogP contribution in [-0.2, 0) is 13.0 Å². The zero-order valence-electron chi connectivity index (χ0n) is 10.0. The Morgan fingerprint density at radius 1 is 1.56 bits per heavy atom. The van der Waals surface area contributed by atoms with E-state index in [0.29, 0.717) is 5.92 Å². The number of fused-ring (bicyclic) bond motifs is 1. The van der Waals surface area contributed by atoms with E-state index < -0.39 is 5.97 Å². The number of carbonyl (C=O) groups is 1. The Hall–Kier alpha value is -1.32. The number of hydrogen-bond donors (Lipinski definition) is 1. The van der Waals surface area contributed by atoms with Crippen molar-refractivity contribution in [1.82, 2.24) is 9.55 Å². The average molecular weight is 222 g/mol. The second kappa shape index (κ2) is 3.92. The van der Waals surface area contributed by atoms with Crippen LogP contribution in [0.4, 0.5) is 0 Å². The van der Waals surface area contributed by atoms with Gasteiger partial charge in [-0.15, -0.1) is 0 Å². The zero-order chi connectivity index (χ0) is 11.9. The van der Waals surface area contributed by atoms with Gasteiger partial charge in [-0.3, -0.25) is 0 Å². The Morgan fingerprint density at radius 3 is 2.81 bits per heavy atom. The molecule has 2 heterocycles. The third kappa shape index (κ3) is 1.72. The fraction of sp³-hybridized carbons (Fsp3) is 0.667. The van der Waals surface area contributed by atoms with Crippen LogP contribution in [0.1, 0.15) is 55.1 Å². The van der Waals surface area contributed by atoms with Crippen LogP contribution < -0.4 is 0 Å². The average Bonchev–Trinajstić information content (AvgIpc) is 2.56. The van der Waals surface area contributed by atoms with Gasteiger partial charge in [-0.2, -0.15) is 0 Å². The SMILES string of the molecule is CC1CCc2c(C(=O)O)nc(C(C)C)n2C1. The van der Waals surface area contributed by atoms with Crippen molar-refractivity contribution in [3.05, 3.63) is 17.2 Å². The number of rotatable bonds is 2. The minimum absolute atomic E-state index is 0.260. The van der Waals surface area contributed by atoms with Gasteiger partial charge in [-0.1, -0.05) is 20.8 Å². The smallest absolute Gasteiger partial charge is 0.356 e. The second-order valence-corrected chi connectivity index (χ2v) is 4.98. The zero-order valence-corrected chi connectivity index (χ0v) is 10.0. The lowest BCUT2D eigenvalue weighted by atomic mass is 9.98. The summed E-state index contributed by atoms with van der Waals surface area (Å²) in [6.07, 6.45) is 1.89. The fourth-order valence-electron chi connectivity index (χ4n) is 2.36. The van der Waals surface area contributed by atoms with Crippen LogP contribution in [-0.4, -0.2) is 20.6 Å². The third-order valence-electron chi connectivity index (χ3n) is 3.19.